The quantitative estimate of drug-likeness (QED) is 0.740. The van der Waals surface area contributed by atoms with Crippen LogP contribution in [0.3, 0.4) is 0 Å². The molecule has 0 aromatic heterocycles. The summed E-state index contributed by atoms with van der Waals surface area (Å²) in [5, 5.41) is 11.4. The summed E-state index contributed by atoms with van der Waals surface area (Å²) in [6.45, 7) is 3.97. The van der Waals surface area contributed by atoms with E-state index in [9.17, 15) is 5.21 Å². The van der Waals surface area contributed by atoms with Gasteiger partial charge in [0, 0.05) is 0 Å². The van der Waals surface area contributed by atoms with Crippen LogP contribution in [0.15, 0.2) is 36.4 Å². The Morgan fingerprint density at radius 2 is 1.35 bits per heavy atom. The molecule has 0 saturated carbocycles. The van der Waals surface area contributed by atoms with Gasteiger partial charge in [-0.05, 0) is 49.2 Å². The van der Waals surface area contributed by atoms with Gasteiger partial charge in [-0.2, -0.15) is 0 Å². The fourth-order valence-electron chi connectivity index (χ4n) is 2.01. The molecule has 2 aromatic rings. The number of hydrogen-bond acceptors (Lipinski definition) is 3. The summed E-state index contributed by atoms with van der Waals surface area (Å²) in [5.74, 6) is 1.35. The average Bonchev–Trinajstić information content (AvgIpc) is 2.32. The molecule has 1 N–H and O–H groups in total. The molecule has 0 aliphatic carbocycles. The van der Waals surface area contributed by atoms with Crippen molar-refractivity contribution >= 4 is 11.4 Å². The molecule has 86 valence electrons. The fourth-order valence-corrected chi connectivity index (χ4v) is 2.01. The summed E-state index contributed by atoms with van der Waals surface area (Å²) in [6, 6.07) is 11.5. The monoisotopic (exact) mass is 227 g/mol. The normalized spacial score (nSPS) is 12.8. The van der Waals surface area contributed by atoms with Crippen molar-refractivity contribution in [1.82, 2.24) is 0 Å². The van der Waals surface area contributed by atoms with E-state index in [0.717, 1.165) is 11.1 Å². The van der Waals surface area contributed by atoms with E-state index in [-0.39, 0.29) is 0 Å². The van der Waals surface area contributed by atoms with E-state index >= 15 is 0 Å². The Kier molecular flexibility index (Phi) is 2.09. The van der Waals surface area contributed by atoms with Crippen LogP contribution in [0.2, 0.25) is 0 Å². The summed E-state index contributed by atoms with van der Waals surface area (Å²) in [4.78, 5) is 0. The SMILES string of the molecule is Cc1ccc2c(c1)N(O)c1cc(C)ccc1O2. The number of fused-ring (bicyclic) bond motifs is 2. The highest BCUT2D eigenvalue weighted by Crippen LogP contribution is 2.45. The predicted molar refractivity (Wildman–Crippen MR) is 66.4 cm³/mol. The van der Waals surface area contributed by atoms with E-state index in [1.165, 1.54) is 5.06 Å². The third-order valence-electron chi connectivity index (χ3n) is 2.91. The van der Waals surface area contributed by atoms with Crippen LogP contribution in [0.1, 0.15) is 11.1 Å². The molecular formula is C14H13NO2. The number of anilines is 2. The topological polar surface area (TPSA) is 32.7 Å². The summed E-state index contributed by atoms with van der Waals surface area (Å²) < 4.78 is 5.76. The second-order valence-corrected chi connectivity index (χ2v) is 4.36. The molecular weight excluding hydrogens is 214 g/mol. The van der Waals surface area contributed by atoms with E-state index in [1.807, 2.05) is 50.2 Å². The van der Waals surface area contributed by atoms with Gasteiger partial charge in [-0.1, -0.05) is 12.1 Å². The lowest BCUT2D eigenvalue weighted by molar-refractivity contribution is 0.285. The zero-order chi connectivity index (χ0) is 12.0. The summed E-state index contributed by atoms with van der Waals surface area (Å²) >= 11 is 0. The van der Waals surface area contributed by atoms with Crippen LogP contribution in [0, 0.1) is 13.8 Å². The van der Waals surface area contributed by atoms with Crippen molar-refractivity contribution in [3.63, 3.8) is 0 Å². The Bertz CT molecular complexity index is 541. The number of hydrogen-bond donors (Lipinski definition) is 1. The van der Waals surface area contributed by atoms with Crippen molar-refractivity contribution < 1.29 is 9.94 Å². The Hall–Kier alpha value is -2.00. The molecule has 17 heavy (non-hydrogen) atoms. The maximum absolute atomic E-state index is 10.2. The molecule has 1 heterocycles. The minimum atomic E-state index is 0.675. The molecule has 0 amide bonds. The fraction of sp³-hybridized carbons (Fsp3) is 0.143. The molecule has 0 spiro atoms. The molecule has 0 unspecified atom stereocenters. The average molecular weight is 227 g/mol. The molecule has 0 saturated heterocycles. The standard InChI is InChI=1S/C14H13NO2/c1-9-3-5-13-11(7-9)15(16)12-8-10(2)4-6-14(12)17-13/h3-8,16H,1-2H3. The van der Waals surface area contributed by atoms with E-state index in [1.54, 1.807) is 0 Å². The highest BCUT2D eigenvalue weighted by Gasteiger charge is 2.23. The van der Waals surface area contributed by atoms with Gasteiger partial charge in [-0.25, -0.2) is 5.06 Å². The smallest absolute Gasteiger partial charge is 0.153 e. The van der Waals surface area contributed by atoms with E-state index in [0.29, 0.717) is 22.9 Å². The zero-order valence-corrected chi connectivity index (χ0v) is 9.77. The van der Waals surface area contributed by atoms with Crippen LogP contribution >= 0.6 is 0 Å². The first-order valence-electron chi connectivity index (χ1n) is 5.53. The molecule has 0 fully saturated rings. The van der Waals surface area contributed by atoms with E-state index < -0.39 is 0 Å². The van der Waals surface area contributed by atoms with Crippen molar-refractivity contribution in [3.8, 4) is 11.5 Å². The van der Waals surface area contributed by atoms with Gasteiger partial charge < -0.3 is 4.74 Å². The Morgan fingerprint density at radius 1 is 0.882 bits per heavy atom. The van der Waals surface area contributed by atoms with Gasteiger partial charge in [-0.15, -0.1) is 0 Å². The van der Waals surface area contributed by atoms with Crippen LogP contribution in [0.5, 0.6) is 11.5 Å². The van der Waals surface area contributed by atoms with Crippen molar-refractivity contribution in [3.05, 3.63) is 47.5 Å². The lowest BCUT2D eigenvalue weighted by Gasteiger charge is -2.28. The molecule has 3 nitrogen and oxygen atoms in total. The minimum absolute atomic E-state index is 0.675. The molecule has 3 rings (SSSR count). The first-order valence-corrected chi connectivity index (χ1v) is 5.53. The first-order chi connectivity index (χ1) is 8.15. The molecule has 3 heteroatoms. The second-order valence-electron chi connectivity index (χ2n) is 4.36. The molecule has 1 aliphatic rings. The van der Waals surface area contributed by atoms with Gasteiger partial charge in [0.05, 0.1) is 0 Å². The molecule has 0 atom stereocenters. The number of benzene rings is 2. The minimum Gasteiger partial charge on any atom is -0.453 e. The molecule has 0 radical (unpaired) electrons. The molecule has 1 aliphatic heterocycles. The second kappa shape index (κ2) is 3.50. The summed E-state index contributed by atoms with van der Waals surface area (Å²) in [5.41, 5.74) is 3.54. The highest BCUT2D eigenvalue weighted by atomic mass is 16.5. The maximum Gasteiger partial charge on any atom is 0.153 e. The molecule has 2 aromatic carbocycles. The lowest BCUT2D eigenvalue weighted by atomic mass is 10.1. The number of aryl methyl sites for hydroxylation is 2. The summed E-state index contributed by atoms with van der Waals surface area (Å²) in [6.07, 6.45) is 0. The van der Waals surface area contributed by atoms with Crippen molar-refractivity contribution in [1.29, 1.82) is 0 Å². The van der Waals surface area contributed by atoms with Crippen LogP contribution < -0.4 is 9.80 Å². The third-order valence-corrected chi connectivity index (χ3v) is 2.91. The van der Waals surface area contributed by atoms with Gasteiger partial charge in [-0.3, -0.25) is 5.21 Å². The number of nitrogens with zero attached hydrogens (tertiary/aromatic N) is 1. The Labute approximate surface area is 99.8 Å². The number of rotatable bonds is 0. The highest BCUT2D eigenvalue weighted by molar-refractivity contribution is 5.76. The number of ether oxygens (including phenoxy) is 1. The van der Waals surface area contributed by atoms with Gasteiger partial charge >= 0.3 is 0 Å². The zero-order valence-electron chi connectivity index (χ0n) is 9.77. The van der Waals surface area contributed by atoms with Gasteiger partial charge in [0.15, 0.2) is 11.5 Å². The molecule has 0 bridgehead atoms. The summed E-state index contributed by atoms with van der Waals surface area (Å²) in [7, 11) is 0. The van der Waals surface area contributed by atoms with E-state index in [4.69, 9.17) is 4.74 Å². The third kappa shape index (κ3) is 1.56. The van der Waals surface area contributed by atoms with E-state index in [2.05, 4.69) is 0 Å². The van der Waals surface area contributed by atoms with Gasteiger partial charge in [0.25, 0.3) is 0 Å². The largest absolute Gasteiger partial charge is 0.453 e. The predicted octanol–water partition coefficient (Wildman–Crippen LogP) is 3.94. The van der Waals surface area contributed by atoms with Crippen LogP contribution in [0.4, 0.5) is 11.4 Å². The van der Waals surface area contributed by atoms with Crippen molar-refractivity contribution in [2.24, 2.45) is 0 Å². The van der Waals surface area contributed by atoms with Crippen LogP contribution in [-0.2, 0) is 0 Å². The lowest BCUT2D eigenvalue weighted by Crippen LogP contribution is -2.16. The Balaban J connectivity index is 2.18. The van der Waals surface area contributed by atoms with Crippen molar-refractivity contribution in [2.45, 2.75) is 13.8 Å². The maximum atomic E-state index is 10.2. The van der Waals surface area contributed by atoms with Crippen LogP contribution in [0.25, 0.3) is 0 Å². The van der Waals surface area contributed by atoms with Gasteiger partial charge in [0.1, 0.15) is 11.4 Å². The van der Waals surface area contributed by atoms with Crippen LogP contribution in [-0.4, -0.2) is 5.21 Å². The van der Waals surface area contributed by atoms with Crippen molar-refractivity contribution in [2.75, 3.05) is 5.06 Å². The Morgan fingerprint density at radius 3 is 1.82 bits per heavy atom. The first kappa shape index (κ1) is 10.2. The van der Waals surface area contributed by atoms with Gasteiger partial charge in [0.2, 0.25) is 0 Å².